The molecule has 5 nitrogen and oxygen atoms in total. The summed E-state index contributed by atoms with van der Waals surface area (Å²) in [6.45, 7) is -0.756. The summed E-state index contributed by atoms with van der Waals surface area (Å²) in [4.78, 5) is 14.6. The fourth-order valence-corrected chi connectivity index (χ4v) is 2.51. The maximum absolute atomic E-state index is 12.7. The molecule has 0 aromatic carbocycles. The van der Waals surface area contributed by atoms with Crippen LogP contribution < -0.4 is 0 Å². The number of alkyl halides is 3. The van der Waals surface area contributed by atoms with Crippen molar-refractivity contribution in [1.29, 1.82) is 0 Å². The molecule has 1 aliphatic heterocycles. The van der Waals surface area contributed by atoms with Gasteiger partial charge in [0, 0.05) is 6.54 Å². The quantitative estimate of drug-likeness (QED) is 0.896. The third kappa shape index (κ3) is 5.34. The van der Waals surface area contributed by atoms with Gasteiger partial charge in [-0.2, -0.15) is 13.2 Å². The summed E-state index contributed by atoms with van der Waals surface area (Å²) < 4.78 is 43.0. The lowest BCUT2D eigenvalue weighted by Gasteiger charge is -2.31. The Balaban J connectivity index is 1.98. The molecular formula is C14H19F3N2O3. The lowest BCUT2D eigenvalue weighted by Crippen LogP contribution is -2.47. The van der Waals surface area contributed by atoms with E-state index in [1.165, 1.54) is 12.3 Å². The fourth-order valence-electron chi connectivity index (χ4n) is 2.51. The Bertz CT molecular complexity index is 476. The van der Waals surface area contributed by atoms with Gasteiger partial charge < -0.3 is 14.4 Å². The van der Waals surface area contributed by atoms with Gasteiger partial charge in [0.15, 0.2) is 0 Å². The Kier molecular flexibility index (Phi) is 5.47. The minimum absolute atomic E-state index is 0.131. The van der Waals surface area contributed by atoms with E-state index in [0.717, 1.165) is 11.3 Å². The van der Waals surface area contributed by atoms with Gasteiger partial charge in [-0.3, -0.25) is 9.69 Å². The van der Waals surface area contributed by atoms with Crippen LogP contribution in [0.1, 0.15) is 18.6 Å². The van der Waals surface area contributed by atoms with Crippen LogP contribution in [0.2, 0.25) is 0 Å². The summed E-state index contributed by atoms with van der Waals surface area (Å²) >= 11 is 0. The number of amides is 1. The van der Waals surface area contributed by atoms with Crippen molar-refractivity contribution in [3.63, 3.8) is 0 Å². The normalized spacial score (nSPS) is 20.1. The van der Waals surface area contributed by atoms with Crippen molar-refractivity contribution < 1.29 is 27.5 Å². The van der Waals surface area contributed by atoms with Crippen molar-refractivity contribution in [3.05, 3.63) is 24.2 Å². The van der Waals surface area contributed by atoms with Gasteiger partial charge in [-0.1, -0.05) is 0 Å². The first-order valence-electron chi connectivity index (χ1n) is 7.11. The number of aliphatic hydroxyl groups excluding tert-OH is 1. The summed E-state index contributed by atoms with van der Waals surface area (Å²) in [6, 6.07) is 3.09. The van der Waals surface area contributed by atoms with E-state index in [1.54, 1.807) is 11.0 Å². The zero-order valence-corrected chi connectivity index (χ0v) is 12.1. The van der Waals surface area contributed by atoms with Gasteiger partial charge in [0.05, 0.1) is 25.5 Å². The summed E-state index contributed by atoms with van der Waals surface area (Å²) in [7, 11) is 0. The SMILES string of the molecule is O=C(CN1CCCC(O)C1)N(Cc1ccco1)CC(F)(F)F. The number of furan rings is 1. The lowest BCUT2D eigenvalue weighted by molar-refractivity contribution is -0.163. The second kappa shape index (κ2) is 7.15. The van der Waals surface area contributed by atoms with Gasteiger partial charge in [0.2, 0.25) is 5.91 Å². The molecule has 0 saturated carbocycles. The van der Waals surface area contributed by atoms with Gasteiger partial charge in [-0.05, 0) is 31.5 Å². The van der Waals surface area contributed by atoms with E-state index in [9.17, 15) is 23.1 Å². The maximum atomic E-state index is 12.7. The molecule has 1 unspecified atom stereocenters. The van der Waals surface area contributed by atoms with E-state index in [2.05, 4.69) is 0 Å². The molecule has 2 heterocycles. The lowest BCUT2D eigenvalue weighted by atomic mass is 10.1. The average Bonchev–Trinajstić information content (AvgIpc) is 2.89. The van der Waals surface area contributed by atoms with Crippen LogP contribution in [0.15, 0.2) is 22.8 Å². The molecule has 1 saturated heterocycles. The van der Waals surface area contributed by atoms with Crippen LogP contribution in [0.25, 0.3) is 0 Å². The molecule has 1 N–H and O–H groups in total. The largest absolute Gasteiger partial charge is 0.467 e. The topological polar surface area (TPSA) is 56.9 Å². The smallest absolute Gasteiger partial charge is 0.406 e. The number of β-amino-alcohol motifs (C(OH)–C–C–N with tert-alkyl or cyclic N) is 1. The molecular weight excluding hydrogens is 301 g/mol. The molecule has 22 heavy (non-hydrogen) atoms. The standard InChI is InChI=1S/C14H19F3N2O3/c15-14(16,17)10-19(8-12-4-2-6-22-12)13(21)9-18-5-1-3-11(20)7-18/h2,4,6,11,20H,1,3,5,7-10H2. The number of piperidine rings is 1. The van der Waals surface area contributed by atoms with Gasteiger partial charge in [0.25, 0.3) is 0 Å². The van der Waals surface area contributed by atoms with Crippen LogP contribution in [0.4, 0.5) is 13.2 Å². The minimum Gasteiger partial charge on any atom is -0.467 e. The Hall–Kier alpha value is -1.54. The van der Waals surface area contributed by atoms with Crippen molar-refractivity contribution in [2.75, 3.05) is 26.2 Å². The zero-order chi connectivity index (χ0) is 16.2. The van der Waals surface area contributed by atoms with Crippen molar-refractivity contribution in [2.24, 2.45) is 0 Å². The molecule has 0 bridgehead atoms. The third-order valence-electron chi connectivity index (χ3n) is 3.49. The molecule has 124 valence electrons. The van der Waals surface area contributed by atoms with Crippen LogP contribution in [0.3, 0.4) is 0 Å². The molecule has 1 fully saturated rings. The van der Waals surface area contributed by atoms with E-state index >= 15 is 0 Å². The Morgan fingerprint density at radius 1 is 1.50 bits per heavy atom. The zero-order valence-electron chi connectivity index (χ0n) is 12.1. The van der Waals surface area contributed by atoms with Crippen LogP contribution >= 0.6 is 0 Å². The molecule has 0 radical (unpaired) electrons. The van der Waals surface area contributed by atoms with E-state index in [-0.39, 0.29) is 13.1 Å². The molecule has 1 atom stereocenters. The van der Waals surface area contributed by atoms with Crippen LogP contribution in [-0.2, 0) is 11.3 Å². The molecule has 1 aromatic rings. The summed E-state index contributed by atoms with van der Waals surface area (Å²) in [5, 5.41) is 9.56. The number of likely N-dealkylation sites (tertiary alicyclic amines) is 1. The molecule has 1 amide bonds. The van der Waals surface area contributed by atoms with Gasteiger partial charge in [-0.25, -0.2) is 0 Å². The molecule has 1 aliphatic rings. The average molecular weight is 320 g/mol. The summed E-state index contributed by atoms with van der Waals surface area (Å²) in [6.07, 6.45) is -2.26. The maximum Gasteiger partial charge on any atom is 0.406 e. The Morgan fingerprint density at radius 2 is 2.27 bits per heavy atom. The first-order chi connectivity index (χ1) is 10.3. The van der Waals surface area contributed by atoms with E-state index in [0.29, 0.717) is 25.3 Å². The third-order valence-corrected chi connectivity index (χ3v) is 3.49. The predicted molar refractivity (Wildman–Crippen MR) is 71.9 cm³/mol. The van der Waals surface area contributed by atoms with Crippen molar-refractivity contribution in [3.8, 4) is 0 Å². The minimum atomic E-state index is -4.47. The monoisotopic (exact) mass is 320 g/mol. The highest BCUT2D eigenvalue weighted by atomic mass is 19.4. The van der Waals surface area contributed by atoms with Crippen molar-refractivity contribution in [2.45, 2.75) is 31.7 Å². The van der Waals surface area contributed by atoms with Gasteiger partial charge >= 0.3 is 6.18 Å². The first-order valence-corrected chi connectivity index (χ1v) is 7.11. The molecule has 0 aliphatic carbocycles. The number of hydrogen-bond acceptors (Lipinski definition) is 4. The first kappa shape index (κ1) is 16.8. The molecule has 1 aromatic heterocycles. The number of carbonyl (C=O) groups excluding carboxylic acids is 1. The number of hydrogen-bond donors (Lipinski definition) is 1. The number of halogens is 3. The highest BCUT2D eigenvalue weighted by Gasteiger charge is 2.34. The number of rotatable bonds is 5. The molecule has 2 rings (SSSR count). The Morgan fingerprint density at radius 3 is 2.86 bits per heavy atom. The molecule has 8 heteroatoms. The highest BCUT2D eigenvalue weighted by molar-refractivity contribution is 5.78. The van der Waals surface area contributed by atoms with E-state index in [1.807, 2.05) is 0 Å². The number of nitrogens with zero attached hydrogens (tertiary/aromatic N) is 2. The fraction of sp³-hybridized carbons (Fsp3) is 0.643. The second-order valence-electron chi connectivity index (χ2n) is 5.48. The van der Waals surface area contributed by atoms with E-state index < -0.39 is 24.7 Å². The van der Waals surface area contributed by atoms with Crippen LogP contribution in [0.5, 0.6) is 0 Å². The Labute approximate surface area is 126 Å². The van der Waals surface area contributed by atoms with Crippen LogP contribution in [-0.4, -0.2) is 59.3 Å². The number of carbonyl (C=O) groups is 1. The second-order valence-corrected chi connectivity index (χ2v) is 5.48. The molecule has 0 spiro atoms. The van der Waals surface area contributed by atoms with Crippen molar-refractivity contribution >= 4 is 5.91 Å². The van der Waals surface area contributed by atoms with Gasteiger partial charge in [-0.15, -0.1) is 0 Å². The van der Waals surface area contributed by atoms with E-state index in [4.69, 9.17) is 4.42 Å². The van der Waals surface area contributed by atoms with Crippen LogP contribution in [0, 0.1) is 0 Å². The van der Waals surface area contributed by atoms with Gasteiger partial charge in [0.1, 0.15) is 12.3 Å². The summed E-state index contributed by atoms with van der Waals surface area (Å²) in [5.41, 5.74) is 0. The highest BCUT2D eigenvalue weighted by Crippen LogP contribution is 2.19. The number of aliphatic hydroxyl groups is 1. The predicted octanol–water partition coefficient (Wildman–Crippen LogP) is 1.63. The summed E-state index contributed by atoms with van der Waals surface area (Å²) in [5.74, 6) is -0.320. The van der Waals surface area contributed by atoms with Crippen molar-refractivity contribution in [1.82, 2.24) is 9.80 Å².